The molecule has 0 aromatic carbocycles. The molecule has 0 bridgehead atoms. The summed E-state index contributed by atoms with van der Waals surface area (Å²) in [6.07, 6.45) is 5.82. The number of aliphatic carboxylic acids is 1. The Bertz CT molecular complexity index is 219. The number of rotatable bonds is 1. The van der Waals surface area contributed by atoms with Gasteiger partial charge < -0.3 is 9.84 Å². The molecule has 0 spiro atoms. The fourth-order valence-electron chi connectivity index (χ4n) is 1.07. The summed E-state index contributed by atoms with van der Waals surface area (Å²) in [6.45, 7) is 0. The van der Waals surface area contributed by atoms with Crippen molar-refractivity contribution in [1.82, 2.24) is 0 Å². The molecule has 1 N–H and O–H groups in total. The van der Waals surface area contributed by atoms with Crippen LogP contribution in [-0.4, -0.2) is 23.1 Å². The van der Waals surface area contributed by atoms with Crippen LogP contribution in [0.2, 0.25) is 0 Å². The third kappa shape index (κ3) is 2.38. The van der Waals surface area contributed by atoms with Crippen LogP contribution in [-0.2, 0) is 14.3 Å². The van der Waals surface area contributed by atoms with Crippen molar-refractivity contribution in [2.75, 3.05) is 0 Å². The quantitative estimate of drug-likeness (QED) is 0.358. The van der Waals surface area contributed by atoms with Crippen molar-refractivity contribution in [2.45, 2.75) is 25.4 Å². The molecular formula is C8H10O4. The highest BCUT2D eigenvalue weighted by Gasteiger charge is 2.19. The van der Waals surface area contributed by atoms with E-state index in [1.165, 1.54) is 0 Å². The SMILES string of the molecule is O=C(O)C(=O)OC1CC=CCC1. The van der Waals surface area contributed by atoms with Gasteiger partial charge in [0.25, 0.3) is 0 Å². The van der Waals surface area contributed by atoms with Crippen molar-refractivity contribution < 1.29 is 19.4 Å². The Morgan fingerprint density at radius 2 is 2.17 bits per heavy atom. The van der Waals surface area contributed by atoms with Crippen molar-refractivity contribution in [3.8, 4) is 0 Å². The average Bonchev–Trinajstić information content (AvgIpc) is 2.06. The van der Waals surface area contributed by atoms with Crippen LogP contribution in [0.25, 0.3) is 0 Å². The summed E-state index contributed by atoms with van der Waals surface area (Å²) in [4.78, 5) is 20.6. The smallest absolute Gasteiger partial charge is 0.417 e. The van der Waals surface area contributed by atoms with Gasteiger partial charge in [0.05, 0.1) is 0 Å². The summed E-state index contributed by atoms with van der Waals surface area (Å²) in [5.74, 6) is -2.68. The van der Waals surface area contributed by atoms with Crippen molar-refractivity contribution >= 4 is 11.9 Å². The van der Waals surface area contributed by atoms with Gasteiger partial charge in [-0.2, -0.15) is 0 Å². The van der Waals surface area contributed by atoms with E-state index in [-0.39, 0.29) is 6.10 Å². The third-order valence-corrected chi connectivity index (χ3v) is 1.67. The van der Waals surface area contributed by atoms with E-state index in [9.17, 15) is 9.59 Å². The van der Waals surface area contributed by atoms with Gasteiger partial charge in [-0.1, -0.05) is 12.2 Å². The minimum atomic E-state index is -1.52. The first-order valence-corrected chi connectivity index (χ1v) is 3.79. The van der Waals surface area contributed by atoms with E-state index in [4.69, 9.17) is 5.11 Å². The second kappa shape index (κ2) is 3.90. The molecule has 1 atom stereocenters. The monoisotopic (exact) mass is 170 g/mol. The molecule has 66 valence electrons. The van der Waals surface area contributed by atoms with Crippen LogP contribution < -0.4 is 0 Å². The first-order valence-electron chi connectivity index (χ1n) is 3.79. The first kappa shape index (κ1) is 8.77. The third-order valence-electron chi connectivity index (χ3n) is 1.67. The molecule has 0 amide bonds. The van der Waals surface area contributed by atoms with Gasteiger partial charge >= 0.3 is 11.9 Å². The van der Waals surface area contributed by atoms with Crippen molar-refractivity contribution in [2.24, 2.45) is 0 Å². The summed E-state index contributed by atoms with van der Waals surface area (Å²) >= 11 is 0. The van der Waals surface area contributed by atoms with E-state index in [2.05, 4.69) is 4.74 Å². The van der Waals surface area contributed by atoms with Crippen LogP contribution in [0, 0.1) is 0 Å². The van der Waals surface area contributed by atoms with Gasteiger partial charge in [-0.15, -0.1) is 0 Å². The van der Waals surface area contributed by atoms with Gasteiger partial charge in [-0.05, 0) is 12.8 Å². The van der Waals surface area contributed by atoms with Crippen LogP contribution >= 0.6 is 0 Å². The largest absolute Gasteiger partial charge is 0.473 e. The van der Waals surface area contributed by atoms with Gasteiger partial charge in [-0.25, -0.2) is 9.59 Å². The zero-order valence-electron chi connectivity index (χ0n) is 6.53. The van der Waals surface area contributed by atoms with E-state index >= 15 is 0 Å². The molecule has 1 rings (SSSR count). The van der Waals surface area contributed by atoms with Gasteiger partial charge in [0.2, 0.25) is 0 Å². The summed E-state index contributed by atoms with van der Waals surface area (Å²) in [5.41, 5.74) is 0. The highest BCUT2D eigenvalue weighted by atomic mass is 16.6. The normalized spacial score (nSPS) is 21.8. The number of ether oxygens (including phenoxy) is 1. The molecule has 0 aromatic rings. The molecule has 0 aliphatic heterocycles. The predicted molar refractivity (Wildman–Crippen MR) is 40.5 cm³/mol. The number of carbonyl (C=O) groups excluding carboxylic acids is 1. The topological polar surface area (TPSA) is 63.6 Å². The number of carboxylic acid groups (broad SMARTS) is 1. The number of carbonyl (C=O) groups is 2. The number of hydrogen-bond donors (Lipinski definition) is 1. The molecule has 1 unspecified atom stereocenters. The van der Waals surface area contributed by atoms with Gasteiger partial charge in [0.15, 0.2) is 0 Å². The molecule has 1 aliphatic rings. The van der Waals surface area contributed by atoms with Gasteiger partial charge in [-0.3, -0.25) is 0 Å². The summed E-state index contributed by atoms with van der Waals surface area (Å²) < 4.78 is 4.66. The Kier molecular flexibility index (Phi) is 2.85. The molecule has 1 aliphatic carbocycles. The average molecular weight is 170 g/mol. The van der Waals surface area contributed by atoms with Crippen LogP contribution in [0.3, 0.4) is 0 Å². The van der Waals surface area contributed by atoms with E-state index in [1.54, 1.807) is 0 Å². The van der Waals surface area contributed by atoms with E-state index < -0.39 is 11.9 Å². The Labute approximate surface area is 69.8 Å². The first-order chi connectivity index (χ1) is 5.70. The number of hydrogen-bond acceptors (Lipinski definition) is 3. The lowest BCUT2D eigenvalue weighted by Crippen LogP contribution is -2.24. The Balaban J connectivity index is 2.35. The molecule has 0 fully saturated rings. The maximum absolute atomic E-state index is 10.6. The predicted octanol–water partition coefficient (Wildman–Crippen LogP) is 0.723. The molecular weight excluding hydrogens is 160 g/mol. The molecule has 4 nitrogen and oxygen atoms in total. The van der Waals surface area contributed by atoms with Crippen LogP contribution in [0.15, 0.2) is 12.2 Å². The van der Waals surface area contributed by atoms with E-state index in [0.29, 0.717) is 6.42 Å². The maximum atomic E-state index is 10.6. The number of carboxylic acids is 1. The summed E-state index contributed by atoms with van der Waals surface area (Å²) in [5, 5.41) is 8.22. The maximum Gasteiger partial charge on any atom is 0.417 e. The lowest BCUT2D eigenvalue weighted by atomic mass is 10.1. The molecule has 12 heavy (non-hydrogen) atoms. The molecule has 0 aromatic heterocycles. The van der Waals surface area contributed by atoms with Crippen LogP contribution in [0.5, 0.6) is 0 Å². The standard InChI is InChI=1S/C8H10O4/c9-7(10)8(11)12-6-4-2-1-3-5-6/h1-2,6H,3-5H2,(H,9,10). The molecule has 0 radical (unpaired) electrons. The zero-order chi connectivity index (χ0) is 8.97. The summed E-state index contributed by atoms with van der Waals surface area (Å²) in [7, 11) is 0. The van der Waals surface area contributed by atoms with E-state index in [0.717, 1.165) is 12.8 Å². The molecule has 0 heterocycles. The van der Waals surface area contributed by atoms with Crippen molar-refractivity contribution in [1.29, 1.82) is 0 Å². The van der Waals surface area contributed by atoms with Gasteiger partial charge in [0, 0.05) is 6.42 Å². The van der Waals surface area contributed by atoms with Crippen molar-refractivity contribution in [3.05, 3.63) is 12.2 Å². The molecule has 0 saturated carbocycles. The minimum Gasteiger partial charge on any atom is -0.473 e. The highest BCUT2D eigenvalue weighted by molar-refractivity contribution is 6.28. The number of esters is 1. The Morgan fingerprint density at radius 3 is 2.67 bits per heavy atom. The Hall–Kier alpha value is -1.32. The van der Waals surface area contributed by atoms with Crippen LogP contribution in [0.1, 0.15) is 19.3 Å². The van der Waals surface area contributed by atoms with Crippen molar-refractivity contribution in [3.63, 3.8) is 0 Å². The van der Waals surface area contributed by atoms with Crippen LogP contribution in [0.4, 0.5) is 0 Å². The molecule has 4 heteroatoms. The van der Waals surface area contributed by atoms with E-state index in [1.807, 2.05) is 12.2 Å². The zero-order valence-corrected chi connectivity index (χ0v) is 6.53. The minimum absolute atomic E-state index is 0.251. The summed E-state index contributed by atoms with van der Waals surface area (Å²) in [6, 6.07) is 0. The second-order valence-corrected chi connectivity index (χ2v) is 2.62. The lowest BCUT2D eigenvalue weighted by molar-refractivity contribution is -0.167. The Morgan fingerprint density at radius 1 is 1.42 bits per heavy atom. The fraction of sp³-hybridized carbons (Fsp3) is 0.500. The highest BCUT2D eigenvalue weighted by Crippen LogP contribution is 2.14. The fourth-order valence-corrected chi connectivity index (χ4v) is 1.07. The molecule has 0 saturated heterocycles. The number of allylic oxidation sites excluding steroid dienone is 1. The lowest BCUT2D eigenvalue weighted by Gasteiger charge is -2.16. The van der Waals surface area contributed by atoms with Gasteiger partial charge in [0.1, 0.15) is 6.10 Å². The second-order valence-electron chi connectivity index (χ2n) is 2.62.